The Morgan fingerprint density at radius 3 is 2.29 bits per heavy atom. The zero-order chi connectivity index (χ0) is 12.3. The third-order valence-corrected chi connectivity index (χ3v) is 3.08. The van der Waals surface area contributed by atoms with Gasteiger partial charge in [-0.25, -0.2) is 0 Å². The largest absolute Gasteiger partial charge is 0.468 e. The van der Waals surface area contributed by atoms with Crippen molar-refractivity contribution in [3.8, 4) is 5.75 Å². The normalized spacial score (nSPS) is 15.9. The van der Waals surface area contributed by atoms with Gasteiger partial charge in [-0.1, -0.05) is 32.9 Å². The fourth-order valence-corrected chi connectivity index (χ4v) is 1.66. The molecule has 1 aliphatic rings. The highest BCUT2D eigenvalue weighted by molar-refractivity contribution is 5.30. The Morgan fingerprint density at radius 1 is 1.12 bits per heavy atom. The first-order chi connectivity index (χ1) is 8.05. The Balaban J connectivity index is 1.76. The molecule has 1 aliphatic carbocycles. The predicted octanol–water partition coefficient (Wildman–Crippen LogP) is 3.75. The first-order valence-corrected chi connectivity index (χ1v) is 6.37. The predicted molar refractivity (Wildman–Crippen MR) is 69.3 cm³/mol. The smallest absolute Gasteiger partial charge is 0.189 e. The van der Waals surface area contributed by atoms with Crippen LogP contribution in [0.2, 0.25) is 0 Å². The number of hydrogen-bond acceptors (Lipinski definition) is 2. The van der Waals surface area contributed by atoms with Crippen LogP contribution < -0.4 is 4.74 Å². The Kier molecular flexibility index (Phi) is 3.72. The van der Waals surface area contributed by atoms with Crippen LogP contribution in [0, 0.1) is 5.92 Å². The van der Waals surface area contributed by atoms with Gasteiger partial charge in [0.15, 0.2) is 6.79 Å². The maximum absolute atomic E-state index is 5.53. The third-order valence-electron chi connectivity index (χ3n) is 3.08. The van der Waals surface area contributed by atoms with Gasteiger partial charge in [0.25, 0.3) is 0 Å². The highest BCUT2D eigenvalue weighted by Gasteiger charge is 2.21. The van der Waals surface area contributed by atoms with Gasteiger partial charge in [-0.3, -0.25) is 0 Å². The van der Waals surface area contributed by atoms with Crippen LogP contribution in [0.1, 0.15) is 39.2 Å². The first kappa shape index (κ1) is 12.4. The quantitative estimate of drug-likeness (QED) is 0.570. The highest BCUT2D eigenvalue weighted by Crippen LogP contribution is 2.29. The molecule has 2 rings (SSSR count). The van der Waals surface area contributed by atoms with Crippen molar-refractivity contribution in [1.29, 1.82) is 0 Å². The summed E-state index contributed by atoms with van der Waals surface area (Å²) in [5.74, 6) is 1.68. The van der Waals surface area contributed by atoms with E-state index in [0.717, 1.165) is 18.3 Å². The van der Waals surface area contributed by atoms with Crippen LogP contribution >= 0.6 is 0 Å². The molecule has 2 nitrogen and oxygen atoms in total. The van der Waals surface area contributed by atoms with Crippen LogP contribution in [0.3, 0.4) is 0 Å². The van der Waals surface area contributed by atoms with E-state index in [0.29, 0.717) is 6.79 Å². The molecule has 94 valence electrons. The van der Waals surface area contributed by atoms with E-state index in [1.807, 2.05) is 12.1 Å². The minimum Gasteiger partial charge on any atom is -0.468 e. The van der Waals surface area contributed by atoms with Crippen molar-refractivity contribution in [2.45, 2.75) is 39.0 Å². The van der Waals surface area contributed by atoms with Crippen molar-refractivity contribution < 1.29 is 9.47 Å². The Bertz CT molecular complexity index is 344. The van der Waals surface area contributed by atoms with Gasteiger partial charge in [0.1, 0.15) is 5.75 Å². The van der Waals surface area contributed by atoms with E-state index in [2.05, 4.69) is 32.9 Å². The first-order valence-electron chi connectivity index (χ1n) is 6.37. The van der Waals surface area contributed by atoms with Crippen LogP contribution in [0.4, 0.5) is 0 Å². The Morgan fingerprint density at radius 2 is 1.76 bits per heavy atom. The van der Waals surface area contributed by atoms with Gasteiger partial charge in [0.2, 0.25) is 0 Å². The Hall–Kier alpha value is -1.02. The molecule has 0 aliphatic heterocycles. The second-order valence-corrected chi connectivity index (χ2v) is 5.85. The molecule has 0 spiro atoms. The van der Waals surface area contributed by atoms with E-state index in [1.165, 1.54) is 18.4 Å². The van der Waals surface area contributed by atoms with Crippen LogP contribution in [-0.4, -0.2) is 13.4 Å². The van der Waals surface area contributed by atoms with Gasteiger partial charge in [0, 0.05) is 0 Å². The fourth-order valence-electron chi connectivity index (χ4n) is 1.66. The maximum atomic E-state index is 5.53. The highest BCUT2D eigenvalue weighted by atomic mass is 16.7. The molecule has 1 fully saturated rings. The average molecular weight is 234 g/mol. The summed E-state index contributed by atoms with van der Waals surface area (Å²) in [7, 11) is 0. The van der Waals surface area contributed by atoms with E-state index in [-0.39, 0.29) is 5.41 Å². The molecule has 0 bridgehead atoms. The molecule has 1 aromatic rings. The molecule has 0 saturated heterocycles. The van der Waals surface area contributed by atoms with Crippen molar-refractivity contribution in [2.24, 2.45) is 5.92 Å². The topological polar surface area (TPSA) is 18.5 Å². The van der Waals surface area contributed by atoms with Crippen LogP contribution in [-0.2, 0) is 10.2 Å². The van der Waals surface area contributed by atoms with E-state index < -0.39 is 0 Å². The summed E-state index contributed by atoms with van der Waals surface area (Å²) in [6.07, 6.45) is 2.64. The van der Waals surface area contributed by atoms with E-state index in [9.17, 15) is 0 Å². The molecular weight excluding hydrogens is 212 g/mol. The SMILES string of the molecule is CC(C)(C)c1ccc(OCOCC2CC2)cc1. The standard InChI is InChI=1S/C15H22O2/c1-15(2,3)13-6-8-14(9-7-13)17-11-16-10-12-4-5-12/h6-9,12H,4-5,10-11H2,1-3H3. The zero-order valence-corrected chi connectivity index (χ0v) is 11.0. The van der Waals surface area contributed by atoms with Gasteiger partial charge in [-0.2, -0.15) is 0 Å². The number of rotatable bonds is 5. The van der Waals surface area contributed by atoms with Gasteiger partial charge >= 0.3 is 0 Å². The van der Waals surface area contributed by atoms with E-state index in [4.69, 9.17) is 9.47 Å². The minimum absolute atomic E-state index is 0.195. The number of ether oxygens (including phenoxy) is 2. The van der Waals surface area contributed by atoms with E-state index in [1.54, 1.807) is 0 Å². The summed E-state index contributed by atoms with van der Waals surface area (Å²) in [6, 6.07) is 8.27. The lowest BCUT2D eigenvalue weighted by molar-refractivity contribution is 0.00997. The summed E-state index contributed by atoms with van der Waals surface area (Å²) >= 11 is 0. The Labute approximate surface area is 104 Å². The molecule has 0 radical (unpaired) electrons. The van der Waals surface area contributed by atoms with Gasteiger partial charge in [-0.05, 0) is 41.9 Å². The maximum Gasteiger partial charge on any atom is 0.189 e. The van der Waals surface area contributed by atoms with Crippen LogP contribution in [0.5, 0.6) is 5.75 Å². The number of hydrogen-bond donors (Lipinski definition) is 0. The second kappa shape index (κ2) is 5.09. The molecule has 0 N–H and O–H groups in total. The summed E-state index contributed by atoms with van der Waals surface area (Å²) in [4.78, 5) is 0. The minimum atomic E-state index is 0.195. The summed E-state index contributed by atoms with van der Waals surface area (Å²) in [6.45, 7) is 7.84. The average Bonchev–Trinajstić information content (AvgIpc) is 3.08. The third kappa shape index (κ3) is 4.04. The number of benzene rings is 1. The summed E-state index contributed by atoms with van der Waals surface area (Å²) < 4.78 is 11.0. The van der Waals surface area contributed by atoms with Crippen molar-refractivity contribution in [3.05, 3.63) is 29.8 Å². The second-order valence-electron chi connectivity index (χ2n) is 5.85. The lowest BCUT2D eigenvalue weighted by Gasteiger charge is -2.19. The molecule has 1 aromatic carbocycles. The summed E-state index contributed by atoms with van der Waals surface area (Å²) in [5.41, 5.74) is 1.52. The van der Waals surface area contributed by atoms with Crippen LogP contribution in [0.25, 0.3) is 0 Å². The van der Waals surface area contributed by atoms with Crippen molar-refractivity contribution in [2.75, 3.05) is 13.4 Å². The van der Waals surface area contributed by atoms with Crippen molar-refractivity contribution in [1.82, 2.24) is 0 Å². The summed E-state index contributed by atoms with van der Waals surface area (Å²) in [5, 5.41) is 0. The fraction of sp³-hybridized carbons (Fsp3) is 0.600. The molecule has 0 heterocycles. The van der Waals surface area contributed by atoms with Gasteiger partial charge < -0.3 is 9.47 Å². The molecule has 0 atom stereocenters. The van der Waals surface area contributed by atoms with E-state index >= 15 is 0 Å². The van der Waals surface area contributed by atoms with Gasteiger partial charge in [-0.15, -0.1) is 0 Å². The van der Waals surface area contributed by atoms with Crippen molar-refractivity contribution in [3.63, 3.8) is 0 Å². The molecule has 0 aromatic heterocycles. The monoisotopic (exact) mass is 234 g/mol. The lowest BCUT2D eigenvalue weighted by atomic mass is 9.87. The molecular formula is C15H22O2. The molecule has 1 saturated carbocycles. The molecule has 0 unspecified atom stereocenters. The van der Waals surface area contributed by atoms with Crippen LogP contribution in [0.15, 0.2) is 24.3 Å². The van der Waals surface area contributed by atoms with Gasteiger partial charge in [0.05, 0.1) is 6.61 Å². The molecule has 0 amide bonds. The van der Waals surface area contributed by atoms with Crippen molar-refractivity contribution >= 4 is 0 Å². The molecule has 2 heteroatoms. The molecule has 17 heavy (non-hydrogen) atoms. The zero-order valence-electron chi connectivity index (χ0n) is 11.0. The lowest BCUT2D eigenvalue weighted by Crippen LogP contribution is -2.11.